The van der Waals surface area contributed by atoms with Crippen LogP contribution >= 0.6 is 0 Å². The van der Waals surface area contributed by atoms with Crippen LogP contribution in [0.2, 0.25) is 0 Å². The fourth-order valence-corrected chi connectivity index (χ4v) is 3.73. The summed E-state index contributed by atoms with van der Waals surface area (Å²) in [5.41, 5.74) is 1.86. The lowest BCUT2D eigenvalue weighted by Crippen LogP contribution is -2.40. The van der Waals surface area contributed by atoms with Crippen molar-refractivity contribution in [2.75, 3.05) is 24.8 Å². The van der Waals surface area contributed by atoms with Crippen molar-refractivity contribution in [3.8, 4) is 0 Å². The molecule has 2 atom stereocenters. The van der Waals surface area contributed by atoms with E-state index in [2.05, 4.69) is 26.0 Å². The van der Waals surface area contributed by atoms with Crippen LogP contribution in [0.25, 0.3) is 5.65 Å². The lowest BCUT2D eigenvalue weighted by atomic mass is 9.92. The number of allylic oxidation sites excluding steroid dienone is 2. The Morgan fingerprint density at radius 3 is 2.84 bits per heavy atom. The van der Waals surface area contributed by atoms with Crippen LogP contribution in [-0.2, 0) is 9.53 Å². The summed E-state index contributed by atoms with van der Waals surface area (Å²) in [5, 5.41) is 12.9. The lowest BCUT2D eigenvalue weighted by Gasteiger charge is -2.24. The van der Waals surface area contributed by atoms with Gasteiger partial charge in [0.05, 0.1) is 31.2 Å². The van der Waals surface area contributed by atoms with Gasteiger partial charge < -0.3 is 20.7 Å². The number of carbonyl (C=O) groups is 2. The van der Waals surface area contributed by atoms with Gasteiger partial charge in [0.15, 0.2) is 23.3 Å². The van der Waals surface area contributed by atoms with Gasteiger partial charge in [0.1, 0.15) is 23.4 Å². The Kier molecular flexibility index (Phi) is 4.97. The number of aromatic nitrogens is 3. The number of rotatable bonds is 6. The number of anilines is 2. The fraction of sp³-hybridized carbons (Fsp3) is 0.381. The molecule has 10 nitrogen and oxygen atoms in total. The summed E-state index contributed by atoms with van der Waals surface area (Å²) >= 11 is 0. The average molecular weight is 440 g/mol. The monoisotopic (exact) mass is 440 g/mol. The van der Waals surface area contributed by atoms with Gasteiger partial charge in [0, 0.05) is 32.7 Å². The molecule has 2 fully saturated rings. The Morgan fingerprint density at radius 1 is 1.38 bits per heavy atom. The van der Waals surface area contributed by atoms with Gasteiger partial charge >= 0.3 is 5.91 Å². The first-order chi connectivity index (χ1) is 15.5. The minimum atomic E-state index is -1.01. The van der Waals surface area contributed by atoms with E-state index in [1.165, 1.54) is 10.7 Å². The van der Waals surface area contributed by atoms with E-state index in [1.807, 2.05) is 0 Å². The zero-order valence-electron chi connectivity index (χ0n) is 17.6. The highest BCUT2D eigenvalue weighted by molar-refractivity contribution is 6.01. The maximum Gasteiger partial charge on any atom is 0.440 e. The summed E-state index contributed by atoms with van der Waals surface area (Å²) in [7, 11) is 3.38. The van der Waals surface area contributed by atoms with Crippen LogP contribution in [0.15, 0.2) is 36.3 Å². The van der Waals surface area contributed by atoms with Gasteiger partial charge in [-0.05, 0) is 6.08 Å². The van der Waals surface area contributed by atoms with Crippen molar-refractivity contribution in [1.82, 2.24) is 19.9 Å². The van der Waals surface area contributed by atoms with E-state index < -0.39 is 18.1 Å². The molecule has 2 aliphatic carbocycles. The van der Waals surface area contributed by atoms with Gasteiger partial charge in [0.25, 0.3) is 5.91 Å². The predicted octanol–water partition coefficient (Wildman–Crippen LogP) is 1.22. The Labute approximate surface area is 182 Å². The molecule has 0 bridgehead atoms. The number of nitrogens with one attached hydrogen (secondary N) is 3. The number of amides is 2. The lowest BCUT2D eigenvalue weighted by molar-refractivity contribution is -0.383. The van der Waals surface area contributed by atoms with E-state index in [1.54, 1.807) is 43.2 Å². The first kappa shape index (κ1) is 20.3. The number of hydrogen-bond donors (Lipinski definition) is 3. The number of ether oxygens (including phenoxy) is 1. The van der Waals surface area contributed by atoms with Crippen molar-refractivity contribution in [3.63, 3.8) is 0 Å². The van der Waals surface area contributed by atoms with Crippen LogP contribution < -0.4 is 16.0 Å². The maximum atomic E-state index is 13.2. The molecule has 0 spiro atoms. The number of methoxy groups -OCH3 is 1. The van der Waals surface area contributed by atoms with Gasteiger partial charge in [-0.25, -0.2) is 14.2 Å². The van der Waals surface area contributed by atoms with Gasteiger partial charge in [-0.3, -0.25) is 4.79 Å². The second-order valence-corrected chi connectivity index (χ2v) is 7.96. The predicted molar refractivity (Wildman–Crippen MR) is 114 cm³/mol. The molecule has 0 radical (unpaired) electrons. The number of carbonyl (C=O) groups excluding carboxylic acids is 2. The van der Waals surface area contributed by atoms with Crippen molar-refractivity contribution < 1.29 is 23.3 Å². The Bertz CT molecular complexity index is 1210. The van der Waals surface area contributed by atoms with E-state index in [9.17, 15) is 14.0 Å². The molecule has 32 heavy (non-hydrogen) atoms. The standard InChI is InChI=1S/C21H22FN7O3/c1-23-18-9-17(25-15-4-3-5-28(21(15)31)11-6-12(7-11)32-2)27-19-13(10-24-29(18)19)20(30)26-16-8-14(16)22/h3-5,9-10,12,14,16H,6-8H2,1-2H3,(H2-,23,24,25,26,27,30)/p+1/t12?,14-,16+/m0/s1. The van der Waals surface area contributed by atoms with Crippen molar-refractivity contribution in [1.29, 1.82) is 0 Å². The smallest absolute Gasteiger partial charge is 0.380 e. The van der Waals surface area contributed by atoms with Crippen molar-refractivity contribution in [2.24, 2.45) is 0 Å². The van der Waals surface area contributed by atoms with Crippen LogP contribution in [0.1, 0.15) is 29.6 Å². The summed E-state index contributed by atoms with van der Waals surface area (Å²) < 4.78 is 21.6. The minimum Gasteiger partial charge on any atom is -0.380 e. The summed E-state index contributed by atoms with van der Waals surface area (Å²) in [6.45, 7) is 0. The normalized spacial score (nSPS) is 24.3. The second kappa shape index (κ2) is 7.83. The van der Waals surface area contributed by atoms with Gasteiger partial charge in [-0.2, -0.15) is 9.61 Å². The van der Waals surface area contributed by atoms with E-state index in [4.69, 9.17) is 4.74 Å². The van der Waals surface area contributed by atoms with Gasteiger partial charge in [-0.15, -0.1) is 4.58 Å². The number of fused-ring (bicyclic) bond motifs is 1. The third-order valence-electron chi connectivity index (χ3n) is 5.81. The van der Waals surface area contributed by atoms with Crippen LogP contribution in [0, 0.1) is 0 Å². The summed E-state index contributed by atoms with van der Waals surface area (Å²) in [4.78, 5) is 30.1. The van der Waals surface area contributed by atoms with Crippen molar-refractivity contribution in [3.05, 3.63) is 41.9 Å². The topological polar surface area (TPSA) is 113 Å². The third-order valence-corrected chi connectivity index (χ3v) is 5.81. The molecule has 166 valence electrons. The van der Waals surface area contributed by atoms with Crippen LogP contribution in [0.3, 0.4) is 0 Å². The Balaban J connectivity index is 1.42. The van der Waals surface area contributed by atoms with E-state index in [0.717, 1.165) is 5.71 Å². The van der Waals surface area contributed by atoms with Crippen molar-refractivity contribution >= 4 is 34.8 Å². The molecule has 0 saturated heterocycles. The average Bonchev–Trinajstić information content (AvgIpc) is 3.27. The number of halogens is 1. The SMILES string of the molecule is CNc1cc(NC2=CC=C[N+](=C3CC(OC)C3)C2=O)nc2c(C(=O)N[C@@H]3C[C@@H]3F)cnn12. The first-order valence-electron chi connectivity index (χ1n) is 10.4. The van der Waals surface area contributed by atoms with Crippen LogP contribution in [0.4, 0.5) is 16.0 Å². The highest BCUT2D eigenvalue weighted by atomic mass is 19.1. The fourth-order valence-electron chi connectivity index (χ4n) is 3.73. The zero-order valence-corrected chi connectivity index (χ0v) is 17.6. The molecule has 3 N–H and O–H groups in total. The summed E-state index contributed by atoms with van der Waals surface area (Å²) in [5.74, 6) is 0.306. The third kappa shape index (κ3) is 3.54. The van der Waals surface area contributed by atoms with Crippen LogP contribution in [0.5, 0.6) is 0 Å². The molecule has 2 aromatic heterocycles. The number of alkyl halides is 1. The maximum absolute atomic E-state index is 13.2. The van der Waals surface area contributed by atoms with Crippen molar-refractivity contribution in [2.45, 2.75) is 37.6 Å². The molecule has 3 heterocycles. The highest BCUT2D eigenvalue weighted by Gasteiger charge is 2.39. The molecule has 2 saturated carbocycles. The largest absolute Gasteiger partial charge is 0.440 e. The Morgan fingerprint density at radius 2 is 2.16 bits per heavy atom. The molecule has 2 amide bonds. The zero-order chi connectivity index (χ0) is 22.4. The van der Waals surface area contributed by atoms with E-state index in [-0.39, 0.29) is 17.6 Å². The highest BCUT2D eigenvalue weighted by Crippen LogP contribution is 2.27. The minimum absolute atomic E-state index is 0.144. The van der Waals surface area contributed by atoms with Crippen LogP contribution in [-0.4, -0.2) is 69.2 Å². The van der Waals surface area contributed by atoms with E-state index in [0.29, 0.717) is 42.2 Å². The molecule has 3 aliphatic rings. The summed E-state index contributed by atoms with van der Waals surface area (Å²) in [6, 6.07) is 1.22. The molecule has 0 unspecified atom stereocenters. The number of hydrogen-bond acceptors (Lipinski definition) is 7. The summed E-state index contributed by atoms with van der Waals surface area (Å²) in [6.07, 6.45) is 7.47. The van der Waals surface area contributed by atoms with Gasteiger partial charge in [0.2, 0.25) is 0 Å². The second-order valence-electron chi connectivity index (χ2n) is 7.96. The quantitative estimate of drug-likeness (QED) is 0.579. The molecule has 2 aromatic rings. The van der Waals surface area contributed by atoms with Gasteiger partial charge in [-0.1, -0.05) is 0 Å². The molecule has 0 aromatic carbocycles. The molecular weight excluding hydrogens is 417 g/mol. The molecular formula is C21H23FN7O3+. The first-order valence-corrected chi connectivity index (χ1v) is 10.4. The molecule has 5 rings (SSSR count). The molecule has 1 aliphatic heterocycles. The Hall–Kier alpha value is -3.60. The van der Waals surface area contributed by atoms with E-state index >= 15 is 0 Å². The molecule has 11 heteroatoms. The number of nitrogens with zero attached hydrogens (tertiary/aromatic N) is 4.